The highest BCUT2D eigenvalue weighted by molar-refractivity contribution is 5.74. The number of benzene rings is 1. The van der Waals surface area contributed by atoms with Gasteiger partial charge in [0.25, 0.3) is 0 Å². The molecular weight excluding hydrogens is 257 g/mol. The quantitative estimate of drug-likeness (QED) is 0.859. The molecular formula is C16H20FNO2. The van der Waals surface area contributed by atoms with E-state index >= 15 is 0 Å². The number of carbonyl (C=O) groups is 1. The van der Waals surface area contributed by atoms with Crippen molar-refractivity contribution in [1.82, 2.24) is 5.32 Å². The second-order valence-electron chi connectivity index (χ2n) is 5.92. The lowest BCUT2D eigenvalue weighted by Gasteiger charge is -2.30. The number of rotatable bonds is 4. The molecule has 0 aliphatic heterocycles. The first-order valence-electron chi connectivity index (χ1n) is 7.24. The number of methoxy groups -OCH3 is 1. The van der Waals surface area contributed by atoms with Crippen LogP contribution in [-0.4, -0.2) is 19.1 Å². The summed E-state index contributed by atoms with van der Waals surface area (Å²) in [6, 6.07) is 6.70. The molecule has 0 unspecified atom stereocenters. The minimum atomic E-state index is -0.221. The van der Waals surface area contributed by atoms with E-state index < -0.39 is 0 Å². The van der Waals surface area contributed by atoms with Gasteiger partial charge in [0.05, 0.1) is 13.0 Å². The van der Waals surface area contributed by atoms with Gasteiger partial charge in [-0.2, -0.15) is 0 Å². The minimum Gasteiger partial charge on any atom is -0.469 e. The van der Waals surface area contributed by atoms with E-state index in [1.807, 2.05) is 0 Å². The number of carbonyl (C=O) groups excluding carboxylic acids is 1. The molecule has 2 aliphatic rings. The van der Waals surface area contributed by atoms with Gasteiger partial charge in [0, 0.05) is 12.6 Å². The number of ether oxygens (including phenoxy) is 1. The first kappa shape index (κ1) is 13.6. The molecule has 0 heterocycles. The van der Waals surface area contributed by atoms with Gasteiger partial charge in [-0.15, -0.1) is 0 Å². The summed E-state index contributed by atoms with van der Waals surface area (Å²) in [6.07, 6.45) is 3.46. The molecule has 0 aromatic heterocycles. The Morgan fingerprint density at radius 3 is 2.70 bits per heavy atom. The van der Waals surface area contributed by atoms with Crippen LogP contribution >= 0.6 is 0 Å². The molecule has 108 valence electrons. The van der Waals surface area contributed by atoms with E-state index in [0.717, 1.165) is 18.4 Å². The van der Waals surface area contributed by atoms with Crippen molar-refractivity contribution >= 4 is 5.97 Å². The van der Waals surface area contributed by atoms with E-state index in [0.29, 0.717) is 18.4 Å². The molecule has 1 N–H and O–H groups in total. The molecule has 0 radical (unpaired) electrons. The number of esters is 1. The van der Waals surface area contributed by atoms with E-state index in [1.165, 1.54) is 25.7 Å². The zero-order chi connectivity index (χ0) is 14.1. The lowest BCUT2D eigenvalue weighted by molar-refractivity contribution is -0.148. The fourth-order valence-electron chi connectivity index (χ4n) is 3.90. The van der Waals surface area contributed by atoms with Crippen molar-refractivity contribution < 1.29 is 13.9 Å². The molecule has 0 amide bonds. The Hall–Kier alpha value is -1.42. The van der Waals surface area contributed by atoms with Gasteiger partial charge in [0.15, 0.2) is 0 Å². The third-order valence-corrected chi connectivity index (χ3v) is 4.84. The van der Waals surface area contributed by atoms with Gasteiger partial charge >= 0.3 is 5.97 Å². The largest absolute Gasteiger partial charge is 0.469 e. The van der Waals surface area contributed by atoms with Crippen LogP contribution in [0.3, 0.4) is 0 Å². The Balaban J connectivity index is 1.66. The maximum Gasteiger partial charge on any atom is 0.310 e. The van der Waals surface area contributed by atoms with E-state index in [2.05, 4.69) is 5.32 Å². The van der Waals surface area contributed by atoms with Crippen LogP contribution in [0.4, 0.5) is 4.39 Å². The normalized spacial score (nSPS) is 31.5. The Morgan fingerprint density at radius 2 is 2.00 bits per heavy atom. The van der Waals surface area contributed by atoms with Crippen LogP contribution in [0.5, 0.6) is 0 Å². The van der Waals surface area contributed by atoms with Gasteiger partial charge in [0.1, 0.15) is 5.82 Å². The molecule has 2 fully saturated rings. The zero-order valence-corrected chi connectivity index (χ0v) is 11.6. The maximum absolute atomic E-state index is 12.9. The topological polar surface area (TPSA) is 38.3 Å². The van der Waals surface area contributed by atoms with Crippen LogP contribution in [0.2, 0.25) is 0 Å². The van der Waals surface area contributed by atoms with E-state index in [-0.39, 0.29) is 23.7 Å². The summed E-state index contributed by atoms with van der Waals surface area (Å²) >= 11 is 0. The highest BCUT2D eigenvalue weighted by Crippen LogP contribution is 2.48. The van der Waals surface area contributed by atoms with Crippen LogP contribution < -0.4 is 5.32 Å². The second-order valence-corrected chi connectivity index (χ2v) is 5.92. The summed E-state index contributed by atoms with van der Waals surface area (Å²) in [4.78, 5) is 12.0. The third kappa shape index (κ3) is 2.44. The summed E-state index contributed by atoms with van der Waals surface area (Å²) in [5.41, 5.74) is 1.04. The van der Waals surface area contributed by atoms with Crippen LogP contribution in [0, 0.1) is 23.6 Å². The molecule has 2 bridgehead atoms. The number of halogens is 1. The van der Waals surface area contributed by atoms with Crippen molar-refractivity contribution in [3.05, 3.63) is 35.6 Å². The maximum atomic E-state index is 12.9. The first-order chi connectivity index (χ1) is 9.69. The fourth-order valence-corrected chi connectivity index (χ4v) is 3.90. The summed E-state index contributed by atoms with van der Waals surface area (Å²) in [6.45, 7) is 0.668. The van der Waals surface area contributed by atoms with Crippen LogP contribution in [0.25, 0.3) is 0 Å². The van der Waals surface area contributed by atoms with E-state index in [4.69, 9.17) is 4.74 Å². The lowest BCUT2D eigenvalue weighted by Crippen LogP contribution is -2.44. The molecule has 2 aliphatic carbocycles. The van der Waals surface area contributed by atoms with Crippen molar-refractivity contribution in [3.8, 4) is 0 Å². The Bertz CT molecular complexity index is 488. The van der Waals surface area contributed by atoms with Gasteiger partial charge in [-0.25, -0.2) is 4.39 Å². The number of hydrogen-bond donors (Lipinski definition) is 1. The number of nitrogens with one attached hydrogen (secondary N) is 1. The number of fused-ring (bicyclic) bond motifs is 2. The van der Waals surface area contributed by atoms with Crippen molar-refractivity contribution in [2.24, 2.45) is 17.8 Å². The predicted molar refractivity (Wildman–Crippen MR) is 73.4 cm³/mol. The van der Waals surface area contributed by atoms with Gasteiger partial charge < -0.3 is 10.1 Å². The van der Waals surface area contributed by atoms with Crippen LogP contribution in [0.15, 0.2) is 24.3 Å². The summed E-state index contributed by atoms with van der Waals surface area (Å²) in [5.74, 6) is 0.719. The predicted octanol–water partition coefficient (Wildman–Crippen LogP) is 2.50. The van der Waals surface area contributed by atoms with E-state index in [1.54, 1.807) is 12.1 Å². The van der Waals surface area contributed by atoms with Crippen LogP contribution in [-0.2, 0) is 16.1 Å². The molecule has 4 atom stereocenters. The first-order valence-corrected chi connectivity index (χ1v) is 7.24. The molecule has 0 saturated heterocycles. The molecule has 1 aromatic carbocycles. The van der Waals surface area contributed by atoms with Crippen molar-refractivity contribution in [2.45, 2.75) is 31.8 Å². The standard InChI is InChI=1S/C16H20FNO2/c1-20-16(19)14-11-4-5-12(8-11)15(14)18-9-10-2-6-13(17)7-3-10/h2-3,6-7,11-12,14-15,18H,4-5,8-9H2,1H3/t11-,12+,14+,15-/m1/s1. The Morgan fingerprint density at radius 1 is 1.30 bits per heavy atom. The highest BCUT2D eigenvalue weighted by atomic mass is 19.1. The monoisotopic (exact) mass is 277 g/mol. The van der Waals surface area contributed by atoms with Gasteiger partial charge in [0.2, 0.25) is 0 Å². The molecule has 0 spiro atoms. The lowest BCUT2D eigenvalue weighted by atomic mass is 9.84. The molecule has 3 nitrogen and oxygen atoms in total. The summed E-state index contributed by atoms with van der Waals surface area (Å²) in [5, 5.41) is 3.49. The molecule has 20 heavy (non-hydrogen) atoms. The summed E-state index contributed by atoms with van der Waals surface area (Å²) < 4.78 is 17.8. The SMILES string of the molecule is COC(=O)[C@H]1[C@@H]2CC[C@@H](C2)[C@H]1NCc1ccc(F)cc1. The molecule has 4 heteroatoms. The molecule has 1 aromatic rings. The Kier molecular flexibility index (Phi) is 3.74. The van der Waals surface area contributed by atoms with Crippen molar-refractivity contribution in [2.75, 3.05) is 7.11 Å². The van der Waals surface area contributed by atoms with Crippen molar-refractivity contribution in [3.63, 3.8) is 0 Å². The van der Waals surface area contributed by atoms with E-state index in [9.17, 15) is 9.18 Å². The zero-order valence-electron chi connectivity index (χ0n) is 11.6. The number of hydrogen-bond acceptors (Lipinski definition) is 3. The Labute approximate surface area is 118 Å². The fraction of sp³-hybridized carbons (Fsp3) is 0.562. The average molecular weight is 277 g/mol. The summed E-state index contributed by atoms with van der Waals surface area (Å²) in [7, 11) is 1.46. The highest BCUT2D eigenvalue weighted by Gasteiger charge is 2.51. The van der Waals surface area contributed by atoms with Gasteiger partial charge in [-0.1, -0.05) is 12.1 Å². The third-order valence-electron chi connectivity index (χ3n) is 4.84. The van der Waals surface area contributed by atoms with Crippen molar-refractivity contribution in [1.29, 1.82) is 0 Å². The molecule has 3 rings (SSSR count). The molecule has 2 saturated carbocycles. The average Bonchev–Trinajstić information content (AvgIpc) is 3.06. The minimum absolute atomic E-state index is 0.0146. The van der Waals surface area contributed by atoms with Gasteiger partial charge in [-0.05, 0) is 48.8 Å². The smallest absolute Gasteiger partial charge is 0.310 e. The van der Waals surface area contributed by atoms with Crippen LogP contribution in [0.1, 0.15) is 24.8 Å². The second kappa shape index (κ2) is 5.52. The van der Waals surface area contributed by atoms with Gasteiger partial charge in [-0.3, -0.25) is 4.79 Å².